The third-order valence-corrected chi connectivity index (χ3v) is 5.34. The molecule has 31 heavy (non-hydrogen) atoms. The number of imidazole rings is 1. The molecule has 0 aliphatic rings. The van der Waals surface area contributed by atoms with Crippen LogP contribution in [0.15, 0.2) is 57.2 Å². The highest BCUT2D eigenvalue weighted by Gasteiger charge is 2.18. The van der Waals surface area contributed by atoms with Gasteiger partial charge in [-0.15, -0.1) is 0 Å². The molecule has 0 fully saturated rings. The summed E-state index contributed by atoms with van der Waals surface area (Å²) in [7, 11) is 1.57. The lowest BCUT2D eigenvalue weighted by atomic mass is 10.1. The normalized spacial score (nSPS) is 11.5. The minimum atomic E-state index is -0.523. The molecular weight excluding hydrogens is 416 g/mol. The molecule has 2 aromatic carbocycles. The summed E-state index contributed by atoms with van der Waals surface area (Å²) in [6, 6.07) is 13.4. The van der Waals surface area contributed by atoms with Gasteiger partial charge in [0.15, 0.2) is 11.2 Å². The van der Waals surface area contributed by atoms with Crippen LogP contribution in [0.2, 0.25) is 5.02 Å². The summed E-state index contributed by atoms with van der Waals surface area (Å²) in [5.74, 6) is 0.354. The molecule has 2 heterocycles. The molecule has 0 aliphatic heterocycles. The molecule has 158 valence electrons. The Morgan fingerprint density at radius 2 is 1.90 bits per heavy atom. The summed E-state index contributed by atoms with van der Waals surface area (Å²) < 4.78 is 3.04. The second-order valence-corrected chi connectivity index (χ2v) is 7.80. The van der Waals surface area contributed by atoms with Gasteiger partial charge in [0.2, 0.25) is 5.95 Å². The van der Waals surface area contributed by atoms with E-state index in [1.807, 2.05) is 38.1 Å². The fourth-order valence-corrected chi connectivity index (χ4v) is 3.45. The van der Waals surface area contributed by atoms with Crippen LogP contribution in [0.1, 0.15) is 22.3 Å². The predicted octanol–water partition coefficient (Wildman–Crippen LogP) is 3.19. The van der Waals surface area contributed by atoms with Gasteiger partial charge in [-0.05, 0) is 42.7 Å². The highest BCUT2D eigenvalue weighted by molar-refractivity contribution is 6.30. The van der Waals surface area contributed by atoms with Crippen molar-refractivity contribution in [2.75, 3.05) is 5.43 Å². The highest BCUT2D eigenvalue weighted by Crippen LogP contribution is 2.20. The Hall–Kier alpha value is -3.65. The molecule has 0 saturated heterocycles. The summed E-state index contributed by atoms with van der Waals surface area (Å²) in [6.45, 7) is 4.42. The first-order valence-corrected chi connectivity index (χ1v) is 10.0. The van der Waals surface area contributed by atoms with Gasteiger partial charge >= 0.3 is 5.69 Å². The van der Waals surface area contributed by atoms with Crippen molar-refractivity contribution in [2.24, 2.45) is 12.1 Å². The van der Waals surface area contributed by atoms with Crippen LogP contribution in [-0.4, -0.2) is 25.3 Å². The number of nitrogens with zero attached hydrogens (tertiary/aromatic N) is 4. The van der Waals surface area contributed by atoms with E-state index in [1.165, 1.54) is 4.57 Å². The lowest BCUT2D eigenvalue weighted by Gasteiger charge is -2.11. The minimum Gasteiger partial charge on any atom is -0.298 e. The van der Waals surface area contributed by atoms with Gasteiger partial charge in [-0.3, -0.25) is 18.9 Å². The molecule has 4 aromatic rings. The number of aromatic nitrogens is 4. The standard InChI is InChI=1S/C22H21ClN6O2/c1-13-4-5-14(2)16(10-13)12-29-18-19(28(3)22(31)26-20(18)30)25-21(29)27-24-11-15-6-8-17(23)9-7-15/h4-11H,12H2,1-3H3,(H,25,27)(H,26,30,31)/b24-11-. The Kier molecular flexibility index (Phi) is 5.48. The SMILES string of the molecule is Cc1ccc(C)c(Cn2c(N/N=C\c3ccc(Cl)cc3)nc3c2c(=O)[nH]c(=O)n3C)c1. The number of H-pyrrole nitrogens is 1. The second kappa shape index (κ2) is 8.23. The quantitative estimate of drug-likeness (QED) is 0.371. The van der Waals surface area contributed by atoms with E-state index < -0.39 is 11.2 Å². The molecule has 0 saturated carbocycles. The monoisotopic (exact) mass is 436 g/mol. The molecule has 2 N–H and O–H groups in total. The molecule has 0 spiro atoms. The molecule has 8 nitrogen and oxygen atoms in total. The molecule has 0 aliphatic carbocycles. The largest absolute Gasteiger partial charge is 0.329 e. The molecule has 0 radical (unpaired) electrons. The van der Waals surface area contributed by atoms with Gasteiger partial charge in [0.25, 0.3) is 5.56 Å². The van der Waals surface area contributed by atoms with Crippen molar-refractivity contribution < 1.29 is 0 Å². The van der Waals surface area contributed by atoms with Crippen LogP contribution in [0, 0.1) is 13.8 Å². The van der Waals surface area contributed by atoms with Gasteiger partial charge in [-0.2, -0.15) is 10.1 Å². The number of hydrazone groups is 1. The van der Waals surface area contributed by atoms with Gasteiger partial charge in [0, 0.05) is 12.1 Å². The number of aromatic amines is 1. The molecule has 0 bridgehead atoms. The van der Waals surface area contributed by atoms with E-state index in [-0.39, 0.29) is 5.65 Å². The Morgan fingerprint density at radius 3 is 2.65 bits per heavy atom. The van der Waals surface area contributed by atoms with Gasteiger partial charge in [-0.25, -0.2) is 10.2 Å². The number of rotatable bonds is 5. The maximum Gasteiger partial charge on any atom is 0.329 e. The Bertz CT molecular complexity index is 1410. The fourth-order valence-electron chi connectivity index (χ4n) is 3.33. The number of halogens is 1. The zero-order valence-corrected chi connectivity index (χ0v) is 18.1. The van der Waals surface area contributed by atoms with Crippen LogP contribution in [0.4, 0.5) is 5.95 Å². The number of anilines is 1. The first kappa shape index (κ1) is 20.6. The van der Waals surface area contributed by atoms with Crippen molar-refractivity contribution in [3.63, 3.8) is 0 Å². The lowest BCUT2D eigenvalue weighted by molar-refractivity contribution is 0.804. The lowest BCUT2D eigenvalue weighted by Crippen LogP contribution is -2.29. The first-order chi connectivity index (χ1) is 14.8. The zero-order valence-electron chi connectivity index (χ0n) is 17.3. The maximum atomic E-state index is 12.6. The van der Waals surface area contributed by atoms with Crippen molar-refractivity contribution in [2.45, 2.75) is 20.4 Å². The molecule has 0 unspecified atom stereocenters. The van der Waals surface area contributed by atoms with E-state index in [4.69, 9.17) is 11.6 Å². The number of aryl methyl sites for hydroxylation is 3. The van der Waals surface area contributed by atoms with Crippen molar-refractivity contribution in [3.8, 4) is 0 Å². The van der Waals surface area contributed by atoms with E-state index >= 15 is 0 Å². The minimum absolute atomic E-state index is 0.281. The fraction of sp³-hybridized carbons (Fsp3) is 0.182. The number of nitrogens with one attached hydrogen (secondary N) is 2. The van der Waals surface area contributed by atoms with Crippen LogP contribution >= 0.6 is 11.6 Å². The summed E-state index contributed by atoms with van der Waals surface area (Å²) in [5.41, 5.74) is 6.56. The van der Waals surface area contributed by atoms with E-state index in [0.717, 1.165) is 22.3 Å². The average molecular weight is 437 g/mol. The van der Waals surface area contributed by atoms with Crippen molar-refractivity contribution in [3.05, 3.63) is 90.6 Å². The van der Waals surface area contributed by atoms with Crippen LogP contribution in [0.25, 0.3) is 11.2 Å². The van der Waals surface area contributed by atoms with Gasteiger partial charge in [0.05, 0.1) is 12.8 Å². The second-order valence-electron chi connectivity index (χ2n) is 7.36. The van der Waals surface area contributed by atoms with E-state index in [1.54, 1.807) is 30.0 Å². The van der Waals surface area contributed by atoms with Crippen molar-refractivity contribution in [1.82, 2.24) is 19.1 Å². The molecule has 0 amide bonds. The van der Waals surface area contributed by atoms with Gasteiger partial charge in [-0.1, -0.05) is 47.5 Å². The first-order valence-electron chi connectivity index (χ1n) is 9.64. The summed E-state index contributed by atoms with van der Waals surface area (Å²) in [5, 5.41) is 4.90. The van der Waals surface area contributed by atoms with Crippen LogP contribution in [-0.2, 0) is 13.6 Å². The molecular formula is C22H21ClN6O2. The summed E-state index contributed by atoms with van der Waals surface area (Å²) in [4.78, 5) is 31.5. The van der Waals surface area contributed by atoms with Crippen LogP contribution < -0.4 is 16.7 Å². The third kappa shape index (κ3) is 4.15. The molecule has 2 aromatic heterocycles. The molecule has 4 rings (SSSR count). The Morgan fingerprint density at radius 1 is 1.16 bits per heavy atom. The number of hydrogen-bond acceptors (Lipinski definition) is 5. The van der Waals surface area contributed by atoms with Crippen molar-refractivity contribution >= 4 is 34.9 Å². The number of hydrogen-bond donors (Lipinski definition) is 2. The summed E-state index contributed by atoms with van der Waals surface area (Å²) >= 11 is 5.92. The molecule has 9 heteroatoms. The predicted molar refractivity (Wildman–Crippen MR) is 123 cm³/mol. The van der Waals surface area contributed by atoms with E-state index in [0.29, 0.717) is 23.0 Å². The van der Waals surface area contributed by atoms with E-state index in [9.17, 15) is 9.59 Å². The maximum absolute atomic E-state index is 12.6. The Balaban J connectivity index is 1.80. The average Bonchev–Trinajstić information content (AvgIpc) is 3.09. The van der Waals surface area contributed by atoms with Crippen molar-refractivity contribution in [1.29, 1.82) is 0 Å². The van der Waals surface area contributed by atoms with Gasteiger partial charge < -0.3 is 0 Å². The molecule has 0 atom stereocenters. The number of fused-ring (bicyclic) bond motifs is 1. The van der Waals surface area contributed by atoms with Crippen LogP contribution in [0.3, 0.4) is 0 Å². The van der Waals surface area contributed by atoms with Gasteiger partial charge in [0.1, 0.15) is 0 Å². The third-order valence-electron chi connectivity index (χ3n) is 5.09. The summed E-state index contributed by atoms with van der Waals surface area (Å²) in [6.07, 6.45) is 1.63. The topological polar surface area (TPSA) is 97.1 Å². The number of benzene rings is 2. The zero-order chi connectivity index (χ0) is 22.1. The smallest absolute Gasteiger partial charge is 0.298 e. The Labute approximate surface area is 182 Å². The highest BCUT2D eigenvalue weighted by atomic mass is 35.5. The van der Waals surface area contributed by atoms with Crippen LogP contribution in [0.5, 0.6) is 0 Å². The van der Waals surface area contributed by atoms with E-state index in [2.05, 4.69) is 26.6 Å².